The first kappa shape index (κ1) is 16.4. The molecule has 1 aliphatic rings. The molecular formula is C12H17FO7. The van der Waals surface area contributed by atoms with Crippen molar-refractivity contribution in [3.05, 3.63) is 0 Å². The Kier molecular flexibility index (Phi) is 5.43. The van der Waals surface area contributed by atoms with Gasteiger partial charge in [-0.1, -0.05) is 0 Å². The number of ether oxygens (including phenoxy) is 4. The highest BCUT2D eigenvalue weighted by atomic mass is 19.1. The summed E-state index contributed by atoms with van der Waals surface area (Å²) in [6, 6.07) is 0. The summed E-state index contributed by atoms with van der Waals surface area (Å²) in [5.74, 6) is -2.15. The van der Waals surface area contributed by atoms with Crippen LogP contribution in [-0.4, -0.2) is 48.7 Å². The highest BCUT2D eigenvalue weighted by molar-refractivity contribution is 5.68. The van der Waals surface area contributed by atoms with Gasteiger partial charge in [-0.3, -0.25) is 14.4 Å². The summed E-state index contributed by atoms with van der Waals surface area (Å²) < 4.78 is 33.8. The van der Waals surface area contributed by atoms with E-state index in [4.69, 9.17) is 14.2 Å². The van der Waals surface area contributed by atoms with E-state index in [9.17, 15) is 18.8 Å². The van der Waals surface area contributed by atoms with Crippen LogP contribution in [0, 0.1) is 0 Å². The predicted octanol–water partition coefficient (Wildman–Crippen LogP) is 0.496. The van der Waals surface area contributed by atoms with Gasteiger partial charge >= 0.3 is 17.9 Å². The van der Waals surface area contributed by atoms with Crippen molar-refractivity contribution >= 4 is 17.9 Å². The Morgan fingerprint density at radius 1 is 0.900 bits per heavy atom. The van der Waals surface area contributed by atoms with Gasteiger partial charge in [0.1, 0.15) is 0 Å². The zero-order valence-corrected chi connectivity index (χ0v) is 11.6. The largest absolute Gasteiger partial charge is 0.456 e. The minimum atomic E-state index is -1.96. The molecule has 114 valence electrons. The topological polar surface area (TPSA) is 88.1 Å². The van der Waals surface area contributed by atoms with Gasteiger partial charge in [0, 0.05) is 20.8 Å². The fourth-order valence-electron chi connectivity index (χ4n) is 1.90. The number of carbonyl (C=O) groups excluding carboxylic acids is 3. The lowest BCUT2D eigenvalue weighted by Gasteiger charge is -2.40. The van der Waals surface area contributed by atoms with E-state index in [1.165, 1.54) is 6.92 Å². The minimum Gasteiger partial charge on any atom is -0.456 e. The molecule has 1 rings (SSSR count). The zero-order chi connectivity index (χ0) is 15.4. The lowest BCUT2D eigenvalue weighted by atomic mass is 10.00. The summed E-state index contributed by atoms with van der Waals surface area (Å²) in [5.41, 5.74) is 0. The lowest BCUT2D eigenvalue weighted by molar-refractivity contribution is -0.276. The molecule has 0 aromatic carbocycles. The third kappa shape index (κ3) is 4.16. The van der Waals surface area contributed by atoms with Gasteiger partial charge in [0.2, 0.25) is 12.5 Å². The maximum Gasteiger partial charge on any atom is 0.305 e. The highest BCUT2D eigenvalue weighted by Crippen LogP contribution is 2.29. The molecule has 0 aromatic rings. The van der Waals surface area contributed by atoms with Crippen LogP contribution in [0.15, 0.2) is 0 Å². The van der Waals surface area contributed by atoms with E-state index >= 15 is 0 Å². The van der Waals surface area contributed by atoms with Crippen LogP contribution in [-0.2, 0) is 33.3 Å². The van der Waals surface area contributed by atoms with Crippen molar-refractivity contribution < 1.29 is 37.7 Å². The Labute approximate surface area is 115 Å². The number of carbonyl (C=O) groups is 3. The third-order valence-electron chi connectivity index (χ3n) is 2.60. The van der Waals surface area contributed by atoms with Crippen LogP contribution in [0.4, 0.5) is 4.39 Å². The quantitative estimate of drug-likeness (QED) is 0.552. The SMILES string of the molecule is CC(=O)O[C@@H]1O[C@@H](C)[C@@H](OC(C)=O)[C@@H](OC(C)=O)[C@@H]1F. The molecule has 0 saturated carbocycles. The summed E-state index contributed by atoms with van der Waals surface area (Å²) in [6.07, 6.45) is -6.79. The molecule has 0 spiro atoms. The molecule has 0 radical (unpaired) electrons. The molecule has 0 N–H and O–H groups in total. The smallest absolute Gasteiger partial charge is 0.305 e. The predicted molar refractivity (Wildman–Crippen MR) is 62.1 cm³/mol. The van der Waals surface area contributed by atoms with Crippen molar-refractivity contribution in [3.8, 4) is 0 Å². The average molecular weight is 292 g/mol. The first-order valence-electron chi connectivity index (χ1n) is 6.03. The Morgan fingerprint density at radius 3 is 1.80 bits per heavy atom. The molecule has 0 unspecified atom stereocenters. The maximum atomic E-state index is 14.2. The van der Waals surface area contributed by atoms with Crippen molar-refractivity contribution in [2.75, 3.05) is 0 Å². The van der Waals surface area contributed by atoms with E-state index < -0.39 is 48.7 Å². The molecule has 1 aliphatic heterocycles. The molecule has 0 bridgehead atoms. The Hall–Kier alpha value is -1.70. The summed E-state index contributed by atoms with van der Waals surface area (Å²) in [5, 5.41) is 0. The molecule has 0 aliphatic carbocycles. The van der Waals surface area contributed by atoms with E-state index in [2.05, 4.69) is 4.74 Å². The fourth-order valence-corrected chi connectivity index (χ4v) is 1.90. The molecule has 1 heterocycles. The van der Waals surface area contributed by atoms with Crippen LogP contribution in [0.1, 0.15) is 27.7 Å². The van der Waals surface area contributed by atoms with Crippen molar-refractivity contribution in [2.45, 2.75) is 58.5 Å². The van der Waals surface area contributed by atoms with Gasteiger partial charge in [-0.05, 0) is 6.92 Å². The molecule has 8 heteroatoms. The molecular weight excluding hydrogens is 275 g/mol. The first-order chi connectivity index (χ1) is 9.22. The standard InChI is InChI=1S/C12H17FO7/c1-5-10(18-6(2)14)11(19-7(3)15)9(13)12(17-5)20-8(4)16/h5,9-12H,1-4H3/t5-,9-,10+,11-,12-/m0/s1. The van der Waals surface area contributed by atoms with Crippen molar-refractivity contribution in [1.82, 2.24) is 0 Å². The maximum absolute atomic E-state index is 14.2. The average Bonchev–Trinajstić information content (AvgIpc) is 2.28. The number of hydrogen-bond acceptors (Lipinski definition) is 7. The fraction of sp³-hybridized carbons (Fsp3) is 0.750. The second-order valence-corrected chi connectivity index (χ2v) is 4.41. The van der Waals surface area contributed by atoms with Crippen molar-refractivity contribution in [1.29, 1.82) is 0 Å². The van der Waals surface area contributed by atoms with Crippen LogP contribution in [0.25, 0.3) is 0 Å². The monoisotopic (exact) mass is 292 g/mol. The molecule has 1 fully saturated rings. The van der Waals surface area contributed by atoms with Gasteiger partial charge in [-0.2, -0.15) is 0 Å². The molecule has 7 nitrogen and oxygen atoms in total. The van der Waals surface area contributed by atoms with E-state index in [-0.39, 0.29) is 0 Å². The van der Waals surface area contributed by atoms with E-state index in [1.807, 2.05) is 0 Å². The Bertz CT molecular complexity index is 397. The Morgan fingerprint density at radius 2 is 1.35 bits per heavy atom. The van der Waals surface area contributed by atoms with Gasteiger partial charge in [-0.25, -0.2) is 4.39 Å². The molecule has 5 atom stereocenters. The number of alkyl halides is 1. The van der Waals surface area contributed by atoms with Crippen LogP contribution < -0.4 is 0 Å². The van der Waals surface area contributed by atoms with Crippen LogP contribution in [0.2, 0.25) is 0 Å². The molecule has 0 aromatic heterocycles. The second-order valence-electron chi connectivity index (χ2n) is 4.41. The normalized spacial score (nSPS) is 33.1. The summed E-state index contributed by atoms with van der Waals surface area (Å²) >= 11 is 0. The van der Waals surface area contributed by atoms with Gasteiger partial charge in [-0.15, -0.1) is 0 Å². The summed E-state index contributed by atoms with van der Waals surface area (Å²) in [7, 11) is 0. The number of rotatable bonds is 3. The molecule has 20 heavy (non-hydrogen) atoms. The number of esters is 3. The number of hydrogen-bond donors (Lipinski definition) is 0. The third-order valence-corrected chi connectivity index (χ3v) is 2.60. The van der Waals surface area contributed by atoms with E-state index in [0.29, 0.717) is 0 Å². The van der Waals surface area contributed by atoms with Crippen molar-refractivity contribution in [2.24, 2.45) is 0 Å². The summed E-state index contributed by atoms with van der Waals surface area (Å²) in [6.45, 7) is 4.83. The minimum absolute atomic E-state index is 0.666. The van der Waals surface area contributed by atoms with E-state index in [1.54, 1.807) is 0 Å². The highest BCUT2D eigenvalue weighted by Gasteiger charge is 2.50. The van der Waals surface area contributed by atoms with Gasteiger partial charge in [0.15, 0.2) is 12.2 Å². The second kappa shape index (κ2) is 6.65. The van der Waals surface area contributed by atoms with Crippen LogP contribution >= 0.6 is 0 Å². The van der Waals surface area contributed by atoms with Gasteiger partial charge in [0.05, 0.1) is 6.10 Å². The molecule has 1 saturated heterocycles. The number of halogens is 1. The molecule has 0 amide bonds. The Balaban J connectivity index is 2.93. The van der Waals surface area contributed by atoms with Crippen LogP contribution in [0.5, 0.6) is 0 Å². The van der Waals surface area contributed by atoms with Gasteiger partial charge in [0.25, 0.3) is 0 Å². The van der Waals surface area contributed by atoms with E-state index in [0.717, 1.165) is 20.8 Å². The zero-order valence-electron chi connectivity index (χ0n) is 11.6. The summed E-state index contributed by atoms with van der Waals surface area (Å²) in [4.78, 5) is 33.0. The van der Waals surface area contributed by atoms with Gasteiger partial charge < -0.3 is 18.9 Å². The van der Waals surface area contributed by atoms with Crippen LogP contribution in [0.3, 0.4) is 0 Å². The first-order valence-corrected chi connectivity index (χ1v) is 6.03. The lowest BCUT2D eigenvalue weighted by Crippen LogP contribution is -2.58. The van der Waals surface area contributed by atoms with Crippen molar-refractivity contribution in [3.63, 3.8) is 0 Å².